The van der Waals surface area contributed by atoms with Crippen molar-refractivity contribution in [3.63, 3.8) is 0 Å². The van der Waals surface area contributed by atoms with Gasteiger partial charge in [-0.3, -0.25) is 9.59 Å². The number of nitrogens with zero attached hydrogens (tertiary/aromatic N) is 1. The zero-order valence-corrected chi connectivity index (χ0v) is 14.0. The van der Waals surface area contributed by atoms with Crippen LogP contribution in [-0.2, 0) is 14.3 Å². The molecule has 0 fully saturated rings. The molecule has 8 heteroatoms. The molecule has 1 aromatic heterocycles. The number of aryl methyl sites for hydroxylation is 1. The molecule has 0 radical (unpaired) electrons. The van der Waals surface area contributed by atoms with Gasteiger partial charge in [0.2, 0.25) is 11.8 Å². The van der Waals surface area contributed by atoms with Crippen LogP contribution in [-0.4, -0.2) is 47.7 Å². The molecule has 0 aliphatic heterocycles. The third-order valence-corrected chi connectivity index (χ3v) is 3.85. The highest BCUT2D eigenvalue weighted by Crippen LogP contribution is 2.14. The largest absolute Gasteiger partial charge is 0.382 e. The third-order valence-electron chi connectivity index (χ3n) is 2.70. The number of amides is 2. The number of thioether (sulfide) groups is 1. The first kappa shape index (κ1) is 18.5. The smallest absolute Gasteiger partial charge is 0.238 e. The van der Waals surface area contributed by atoms with Crippen LogP contribution >= 0.6 is 11.8 Å². The first-order valence-corrected chi connectivity index (χ1v) is 8.28. The molecule has 2 N–H and O–H groups in total. The Morgan fingerprint density at radius 3 is 2.91 bits per heavy atom. The molecule has 2 amide bonds. The van der Waals surface area contributed by atoms with E-state index in [1.807, 2.05) is 6.92 Å². The van der Waals surface area contributed by atoms with Gasteiger partial charge in [0.25, 0.3) is 0 Å². The number of nitrogens with one attached hydrogen (secondary N) is 2. The average molecular weight is 329 g/mol. The molecule has 124 valence electrons. The Bertz CT molecular complexity index is 478. The Morgan fingerprint density at radius 1 is 1.50 bits per heavy atom. The zero-order chi connectivity index (χ0) is 16.4. The summed E-state index contributed by atoms with van der Waals surface area (Å²) in [6, 6.07) is 1.64. The number of carbonyl (C=O) groups excluding carboxylic acids is 2. The van der Waals surface area contributed by atoms with Crippen molar-refractivity contribution in [2.75, 3.05) is 30.8 Å². The second-order valence-corrected chi connectivity index (χ2v) is 5.99. The Kier molecular flexibility index (Phi) is 8.61. The van der Waals surface area contributed by atoms with Gasteiger partial charge in [-0.2, -0.15) is 0 Å². The number of hydrogen-bond donors (Lipinski definition) is 2. The Balaban J connectivity index is 2.17. The maximum Gasteiger partial charge on any atom is 0.238 e. The van der Waals surface area contributed by atoms with Crippen LogP contribution in [0.5, 0.6) is 0 Å². The number of aromatic nitrogens is 1. The molecule has 7 nitrogen and oxygen atoms in total. The molecule has 0 bridgehead atoms. The molecule has 1 atom stereocenters. The van der Waals surface area contributed by atoms with Gasteiger partial charge in [-0.05, 0) is 27.2 Å². The molecule has 1 aromatic rings. The van der Waals surface area contributed by atoms with Crippen LogP contribution in [0, 0.1) is 6.92 Å². The Hall–Kier alpha value is -1.54. The van der Waals surface area contributed by atoms with Crippen molar-refractivity contribution in [1.82, 2.24) is 10.5 Å². The summed E-state index contributed by atoms with van der Waals surface area (Å²) in [7, 11) is 0. The molecule has 22 heavy (non-hydrogen) atoms. The van der Waals surface area contributed by atoms with Crippen LogP contribution in [0.2, 0.25) is 0 Å². The number of rotatable bonds is 10. The molecule has 1 rings (SSSR count). The third kappa shape index (κ3) is 7.46. The topological polar surface area (TPSA) is 93.5 Å². The summed E-state index contributed by atoms with van der Waals surface area (Å²) in [6.07, 6.45) is 0.784. The van der Waals surface area contributed by atoms with E-state index in [1.54, 1.807) is 19.9 Å². The normalized spacial score (nSPS) is 12.0. The minimum absolute atomic E-state index is 0.0848. The lowest BCUT2D eigenvalue weighted by Crippen LogP contribution is -2.29. The first-order chi connectivity index (χ1) is 10.5. The molecule has 0 aliphatic carbocycles. The van der Waals surface area contributed by atoms with Gasteiger partial charge in [0, 0.05) is 25.8 Å². The van der Waals surface area contributed by atoms with Crippen LogP contribution in [0.15, 0.2) is 10.6 Å². The standard InChI is InChI=1S/C14H23N3O4S/c1-4-20-7-5-6-15-13(18)9-22-11(3)14(19)16-12-8-10(2)21-17-12/h8,11H,4-7,9H2,1-3H3,(H,15,18)(H,16,17,19). The van der Waals surface area contributed by atoms with Crippen molar-refractivity contribution in [3.05, 3.63) is 11.8 Å². The lowest BCUT2D eigenvalue weighted by atomic mass is 10.4. The van der Waals surface area contributed by atoms with Gasteiger partial charge in [0.05, 0.1) is 11.0 Å². The van der Waals surface area contributed by atoms with Crippen molar-refractivity contribution in [1.29, 1.82) is 0 Å². The quantitative estimate of drug-likeness (QED) is 0.633. The number of anilines is 1. The summed E-state index contributed by atoms with van der Waals surface area (Å²) in [5.41, 5.74) is 0. The van der Waals surface area contributed by atoms with Crippen molar-refractivity contribution < 1.29 is 18.8 Å². The molecule has 0 aliphatic rings. The molecule has 1 unspecified atom stereocenters. The number of hydrogen-bond acceptors (Lipinski definition) is 6. The van der Waals surface area contributed by atoms with E-state index in [1.165, 1.54) is 11.8 Å². The van der Waals surface area contributed by atoms with Gasteiger partial charge in [-0.1, -0.05) is 5.16 Å². The Morgan fingerprint density at radius 2 is 2.27 bits per heavy atom. The lowest BCUT2D eigenvalue weighted by Gasteiger charge is -2.10. The second-order valence-electron chi connectivity index (χ2n) is 4.67. The van der Waals surface area contributed by atoms with Crippen LogP contribution < -0.4 is 10.6 Å². The van der Waals surface area contributed by atoms with Crippen molar-refractivity contribution in [3.8, 4) is 0 Å². The van der Waals surface area contributed by atoms with E-state index in [9.17, 15) is 9.59 Å². The van der Waals surface area contributed by atoms with E-state index in [4.69, 9.17) is 9.26 Å². The zero-order valence-electron chi connectivity index (χ0n) is 13.2. The van der Waals surface area contributed by atoms with E-state index >= 15 is 0 Å². The Labute approximate surface area is 134 Å². The maximum absolute atomic E-state index is 11.9. The van der Waals surface area contributed by atoms with E-state index in [0.29, 0.717) is 31.3 Å². The van der Waals surface area contributed by atoms with E-state index in [0.717, 1.165) is 6.42 Å². The van der Waals surface area contributed by atoms with Crippen LogP contribution in [0.25, 0.3) is 0 Å². The van der Waals surface area contributed by atoms with Gasteiger partial charge >= 0.3 is 0 Å². The fourth-order valence-electron chi connectivity index (χ4n) is 1.53. The van der Waals surface area contributed by atoms with Crippen molar-refractivity contribution >= 4 is 29.4 Å². The summed E-state index contributed by atoms with van der Waals surface area (Å²) in [5.74, 6) is 0.958. The molecule has 1 heterocycles. The summed E-state index contributed by atoms with van der Waals surface area (Å²) in [5, 5.41) is 8.77. The number of carbonyl (C=O) groups is 2. The lowest BCUT2D eigenvalue weighted by molar-refractivity contribution is -0.118. The molecule has 0 saturated carbocycles. The molecule has 0 aromatic carbocycles. The highest BCUT2D eigenvalue weighted by atomic mass is 32.2. The minimum atomic E-state index is -0.355. The van der Waals surface area contributed by atoms with Gasteiger partial charge in [-0.25, -0.2) is 0 Å². The van der Waals surface area contributed by atoms with Crippen LogP contribution in [0.1, 0.15) is 26.0 Å². The van der Waals surface area contributed by atoms with Gasteiger partial charge in [0.15, 0.2) is 5.82 Å². The monoisotopic (exact) mass is 329 g/mol. The summed E-state index contributed by atoms with van der Waals surface area (Å²) in [4.78, 5) is 23.5. The van der Waals surface area contributed by atoms with E-state index in [2.05, 4.69) is 15.8 Å². The summed E-state index contributed by atoms with van der Waals surface area (Å²) >= 11 is 1.27. The average Bonchev–Trinajstić information content (AvgIpc) is 2.89. The fraction of sp³-hybridized carbons (Fsp3) is 0.643. The SMILES string of the molecule is CCOCCCNC(=O)CSC(C)C(=O)Nc1cc(C)on1. The van der Waals surface area contributed by atoms with Crippen LogP contribution in [0.3, 0.4) is 0 Å². The number of ether oxygens (including phenoxy) is 1. The molecule has 0 saturated heterocycles. The first-order valence-electron chi connectivity index (χ1n) is 7.23. The van der Waals surface area contributed by atoms with Gasteiger partial charge < -0.3 is 19.9 Å². The highest BCUT2D eigenvalue weighted by Gasteiger charge is 2.16. The predicted molar refractivity (Wildman–Crippen MR) is 85.9 cm³/mol. The maximum atomic E-state index is 11.9. The van der Waals surface area contributed by atoms with Gasteiger partial charge in [-0.15, -0.1) is 11.8 Å². The highest BCUT2D eigenvalue weighted by molar-refractivity contribution is 8.01. The summed E-state index contributed by atoms with van der Waals surface area (Å²) < 4.78 is 10.0. The second kappa shape index (κ2) is 10.2. The molecular weight excluding hydrogens is 306 g/mol. The van der Waals surface area contributed by atoms with Crippen molar-refractivity contribution in [2.45, 2.75) is 32.4 Å². The van der Waals surface area contributed by atoms with Gasteiger partial charge in [0.1, 0.15) is 5.76 Å². The van der Waals surface area contributed by atoms with Crippen molar-refractivity contribution in [2.24, 2.45) is 0 Å². The van der Waals surface area contributed by atoms with E-state index in [-0.39, 0.29) is 22.8 Å². The van der Waals surface area contributed by atoms with Crippen LogP contribution in [0.4, 0.5) is 5.82 Å². The minimum Gasteiger partial charge on any atom is -0.382 e. The predicted octanol–water partition coefficient (Wildman–Crippen LogP) is 1.59. The van der Waals surface area contributed by atoms with E-state index < -0.39 is 0 Å². The fourth-order valence-corrected chi connectivity index (χ4v) is 2.24. The molecule has 0 spiro atoms. The molecular formula is C14H23N3O4S. The summed E-state index contributed by atoms with van der Waals surface area (Å²) in [6.45, 7) is 7.33.